The Bertz CT molecular complexity index is 1030. The average molecular weight is 450 g/mol. The molecule has 3 aromatic rings. The van der Waals surface area contributed by atoms with Crippen molar-refractivity contribution in [2.75, 3.05) is 42.9 Å². The van der Waals surface area contributed by atoms with Gasteiger partial charge in [-0.15, -0.1) is 11.3 Å². The van der Waals surface area contributed by atoms with E-state index in [4.69, 9.17) is 0 Å². The van der Waals surface area contributed by atoms with E-state index in [9.17, 15) is 9.59 Å². The van der Waals surface area contributed by atoms with E-state index in [2.05, 4.69) is 25.4 Å². The lowest BCUT2D eigenvalue weighted by molar-refractivity contribution is -0.117. The van der Waals surface area contributed by atoms with Crippen molar-refractivity contribution in [1.82, 2.24) is 15.2 Å². The summed E-state index contributed by atoms with van der Waals surface area (Å²) in [5.41, 5.74) is 2.01. The molecule has 8 heteroatoms. The van der Waals surface area contributed by atoms with Gasteiger partial charge in [0.2, 0.25) is 5.91 Å². The van der Waals surface area contributed by atoms with Gasteiger partial charge in [-0.05, 0) is 24.6 Å². The van der Waals surface area contributed by atoms with E-state index in [0.717, 1.165) is 36.9 Å². The molecule has 0 radical (unpaired) electrons. The van der Waals surface area contributed by atoms with Crippen molar-refractivity contribution in [3.63, 3.8) is 0 Å². The second-order valence-electron chi connectivity index (χ2n) is 7.78. The molecule has 2 N–H and O–H groups in total. The SMILES string of the molecule is C[C@@H](NC(=O)c1ccccc1NC(=O)CN1CCN(c2nccs2)CC1)c1ccccc1. The molecule has 0 saturated carbocycles. The number of hydrogen-bond acceptors (Lipinski definition) is 6. The minimum atomic E-state index is -0.214. The molecule has 1 atom stereocenters. The first-order chi connectivity index (χ1) is 15.6. The number of anilines is 2. The quantitative estimate of drug-likeness (QED) is 0.578. The summed E-state index contributed by atoms with van der Waals surface area (Å²) in [5, 5.41) is 8.94. The van der Waals surface area contributed by atoms with Crippen molar-refractivity contribution in [3.8, 4) is 0 Å². The molecule has 2 amide bonds. The summed E-state index contributed by atoms with van der Waals surface area (Å²) in [6.07, 6.45) is 1.81. The van der Waals surface area contributed by atoms with Gasteiger partial charge in [0.25, 0.3) is 5.91 Å². The van der Waals surface area contributed by atoms with E-state index >= 15 is 0 Å². The van der Waals surface area contributed by atoms with Gasteiger partial charge in [-0.2, -0.15) is 0 Å². The molecule has 4 rings (SSSR count). The maximum atomic E-state index is 12.9. The highest BCUT2D eigenvalue weighted by Gasteiger charge is 2.21. The minimum Gasteiger partial charge on any atom is -0.346 e. The molecule has 1 saturated heterocycles. The molecule has 0 spiro atoms. The third-order valence-corrected chi connectivity index (χ3v) is 6.35. The molecular formula is C24H27N5O2S. The fourth-order valence-electron chi connectivity index (χ4n) is 3.75. The Morgan fingerprint density at radius 2 is 1.75 bits per heavy atom. The van der Waals surface area contributed by atoms with Gasteiger partial charge in [-0.1, -0.05) is 42.5 Å². The lowest BCUT2D eigenvalue weighted by Crippen LogP contribution is -2.48. The maximum absolute atomic E-state index is 12.9. The first-order valence-electron chi connectivity index (χ1n) is 10.7. The molecule has 1 aliphatic rings. The monoisotopic (exact) mass is 449 g/mol. The van der Waals surface area contributed by atoms with E-state index in [0.29, 0.717) is 17.8 Å². The predicted molar refractivity (Wildman–Crippen MR) is 128 cm³/mol. The third kappa shape index (κ3) is 5.52. The summed E-state index contributed by atoms with van der Waals surface area (Å²) in [5.74, 6) is -0.335. The molecule has 0 unspecified atom stereocenters. The van der Waals surface area contributed by atoms with E-state index in [1.165, 1.54) is 0 Å². The van der Waals surface area contributed by atoms with Gasteiger partial charge < -0.3 is 15.5 Å². The van der Waals surface area contributed by atoms with Crippen molar-refractivity contribution in [2.45, 2.75) is 13.0 Å². The van der Waals surface area contributed by atoms with Crippen LogP contribution in [0.15, 0.2) is 66.2 Å². The number of rotatable bonds is 7. The number of piperazine rings is 1. The number of carbonyl (C=O) groups is 2. The largest absolute Gasteiger partial charge is 0.346 e. The zero-order chi connectivity index (χ0) is 22.3. The van der Waals surface area contributed by atoms with Crippen LogP contribution in [0.5, 0.6) is 0 Å². The standard InChI is InChI=1S/C24H27N5O2S/c1-18(19-7-3-2-4-8-19)26-23(31)20-9-5-6-10-21(20)27-22(30)17-28-12-14-29(15-13-28)24-25-11-16-32-24/h2-11,16,18H,12-15,17H2,1H3,(H,26,31)(H,27,30)/t18-/m1/s1. The van der Waals surface area contributed by atoms with Crippen LogP contribution in [0, 0.1) is 0 Å². The highest BCUT2D eigenvalue weighted by atomic mass is 32.1. The summed E-state index contributed by atoms with van der Waals surface area (Å²) in [6.45, 7) is 5.52. The van der Waals surface area contributed by atoms with Crippen LogP contribution in [0.4, 0.5) is 10.8 Å². The Hall–Kier alpha value is -3.23. The predicted octanol–water partition coefficient (Wildman–Crippen LogP) is 3.39. The van der Waals surface area contributed by atoms with Gasteiger partial charge in [0.15, 0.2) is 5.13 Å². The summed E-state index contributed by atoms with van der Waals surface area (Å²) < 4.78 is 0. The number of hydrogen-bond donors (Lipinski definition) is 2. The fraction of sp³-hybridized carbons (Fsp3) is 0.292. The van der Waals surface area contributed by atoms with Gasteiger partial charge in [0.05, 0.1) is 23.8 Å². The van der Waals surface area contributed by atoms with Crippen molar-refractivity contribution in [3.05, 3.63) is 77.3 Å². The van der Waals surface area contributed by atoms with Crippen LogP contribution >= 0.6 is 11.3 Å². The Labute approximate surface area is 192 Å². The molecule has 1 aromatic heterocycles. The highest BCUT2D eigenvalue weighted by molar-refractivity contribution is 7.13. The number of aromatic nitrogens is 1. The van der Waals surface area contributed by atoms with Crippen LogP contribution in [-0.2, 0) is 4.79 Å². The normalized spacial score (nSPS) is 15.2. The molecule has 0 bridgehead atoms. The van der Waals surface area contributed by atoms with Crippen LogP contribution in [0.25, 0.3) is 0 Å². The number of benzene rings is 2. The van der Waals surface area contributed by atoms with Crippen molar-refractivity contribution < 1.29 is 9.59 Å². The molecule has 2 aromatic carbocycles. The van der Waals surface area contributed by atoms with Crippen LogP contribution in [-0.4, -0.2) is 54.4 Å². The summed E-state index contributed by atoms with van der Waals surface area (Å²) in [7, 11) is 0. The van der Waals surface area contributed by atoms with Crippen molar-refractivity contribution >= 4 is 34.0 Å². The van der Waals surface area contributed by atoms with Crippen LogP contribution in [0.2, 0.25) is 0 Å². The zero-order valence-corrected chi connectivity index (χ0v) is 18.8. The first-order valence-corrected chi connectivity index (χ1v) is 11.6. The van der Waals surface area contributed by atoms with Gasteiger partial charge in [0, 0.05) is 37.8 Å². The van der Waals surface area contributed by atoms with Gasteiger partial charge in [0.1, 0.15) is 0 Å². The summed E-state index contributed by atoms with van der Waals surface area (Å²) >= 11 is 1.63. The van der Waals surface area contributed by atoms with Crippen molar-refractivity contribution in [1.29, 1.82) is 0 Å². The van der Waals surface area contributed by atoms with Crippen LogP contribution < -0.4 is 15.5 Å². The first kappa shape index (κ1) is 22.0. The van der Waals surface area contributed by atoms with Gasteiger partial charge in [-0.25, -0.2) is 4.98 Å². The fourth-order valence-corrected chi connectivity index (χ4v) is 4.45. The second kappa shape index (κ2) is 10.4. The second-order valence-corrected chi connectivity index (χ2v) is 8.65. The average Bonchev–Trinajstić information content (AvgIpc) is 3.35. The van der Waals surface area contributed by atoms with Crippen molar-refractivity contribution in [2.24, 2.45) is 0 Å². The molecule has 0 aliphatic carbocycles. The number of para-hydroxylation sites is 1. The number of nitrogens with zero attached hydrogens (tertiary/aromatic N) is 3. The molecule has 1 fully saturated rings. The topological polar surface area (TPSA) is 77.6 Å². The molecule has 32 heavy (non-hydrogen) atoms. The van der Waals surface area contributed by atoms with E-state index in [1.54, 1.807) is 29.5 Å². The van der Waals surface area contributed by atoms with E-state index in [1.807, 2.05) is 54.9 Å². The number of amides is 2. The third-order valence-electron chi connectivity index (χ3n) is 5.52. The summed E-state index contributed by atoms with van der Waals surface area (Å²) in [4.78, 5) is 34.3. The van der Waals surface area contributed by atoms with Crippen LogP contribution in [0.3, 0.4) is 0 Å². The number of thiazole rings is 1. The zero-order valence-electron chi connectivity index (χ0n) is 18.0. The molecule has 7 nitrogen and oxygen atoms in total. The molecule has 166 valence electrons. The maximum Gasteiger partial charge on any atom is 0.253 e. The number of nitrogens with one attached hydrogen (secondary N) is 2. The van der Waals surface area contributed by atoms with Gasteiger partial charge in [-0.3, -0.25) is 14.5 Å². The highest BCUT2D eigenvalue weighted by Crippen LogP contribution is 2.20. The minimum absolute atomic E-state index is 0.121. The Morgan fingerprint density at radius 1 is 1.03 bits per heavy atom. The lowest BCUT2D eigenvalue weighted by atomic mass is 10.1. The van der Waals surface area contributed by atoms with Gasteiger partial charge >= 0.3 is 0 Å². The van der Waals surface area contributed by atoms with E-state index in [-0.39, 0.29) is 17.9 Å². The van der Waals surface area contributed by atoms with E-state index < -0.39 is 0 Å². The lowest BCUT2D eigenvalue weighted by Gasteiger charge is -2.34. The Kier molecular flexibility index (Phi) is 7.14. The molecule has 2 heterocycles. The summed E-state index contributed by atoms with van der Waals surface area (Å²) in [6, 6.07) is 16.8. The molecular weight excluding hydrogens is 422 g/mol. The Balaban J connectivity index is 1.32. The van der Waals surface area contributed by atoms with Crippen LogP contribution in [0.1, 0.15) is 28.9 Å². The smallest absolute Gasteiger partial charge is 0.253 e. The Morgan fingerprint density at radius 3 is 2.47 bits per heavy atom. The molecule has 1 aliphatic heterocycles. The number of carbonyl (C=O) groups excluding carboxylic acids is 2.